The van der Waals surface area contributed by atoms with Crippen molar-refractivity contribution >= 4 is 40.2 Å². The molecule has 1 atom stereocenters. The molecule has 6 N–H and O–H groups in total. The summed E-state index contributed by atoms with van der Waals surface area (Å²) in [4.78, 5) is 52.7. The molecule has 3 rings (SSSR count). The van der Waals surface area contributed by atoms with Gasteiger partial charge in [0.2, 0.25) is 17.7 Å². The number of nitrogens with two attached hydrogens (primary N) is 1. The number of hydrogen-bond donors (Lipinski definition) is 5. The van der Waals surface area contributed by atoms with E-state index in [-0.39, 0.29) is 30.7 Å². The zero-order valence-corrected chi connectivity index (χ0v) is 21.1. The van der Waals surface area contributed by atoms with Crippen molar-refractivity contribution in [1.82, 2.24) is 20.9 Å². The number of amides is 5. The summed E-state index contributed by atoms with van der Waals surface area (Å²) in [6.45, 7) is 0.722. The Morgan fingerprint density at radius 2 is 1.49 bits per heavy atom. The van der Waals surface area contributed by atoms with Crippen LogP contribution in [0.3, 0.4) is 0 Å². The summed E-state index contributed by atoms with van der Waals surface area (Å²) < 4.78 is 0. The Kier molecular flexibility index (Phi) is 10.6. The molecule has 0 unspecified atom stereocenters. The number of hydrogen-bond acceptors (Lipinski definition) is 6. The van der Waals surface area contributed by atoms with Crippen LogP contribution in [0.4, 0.5) is 9.93 Å². The van der Waals surface area contributed by atoms with Crippen LogP contribution < -0.4 is 27.0 Å². The summed E-state index contributed by atoms with van der Waals surface area (Å²) in [5, 5.41) is 13.0. The van der Waals surface area contributed by atoms with E-state index in [0.717, 1.165) is 16.8 Å². The van der Waals surface area contributed by atoms with Crippen LogP contribution in [0.5, 0.6) is 0 Å². The van der Waals surface area contributed by atoms with Crippen LogP contribution >= 0.6 is 11.3 Å². The standard InChI is InChI=1S/C26H30N6O4S/c27-24(35)21(14-23(34)28-15-18-8-3-1-4-9-18)31-22(33)13-7-12-20-17-37-26(30-20)32-25(36)29-16-19-10-5-2-6-11-19/h1-6,8-11,17,21H,7,12-16H2,(H2,27,35)(H,28,34)(H,31,33)(H2,29,30,32,36)/t21-/m0/s1. The van der Waals surface area contributed by atoms with Crippen LogP contribution in [-0.4, -0.2) is 34.8 Å². The minimum Gasteiger partial charge on any atom is -0.368 e. The monoisotopic (exact) mass is 522 g/mol. The smallest absolute Gasteiger partial charge is 0.321 e. The van der Waals surface area contributed by atoms with Gasteiger partial charge in [0.1, 0.15) is 6.04 Å². The molecule has 0 radical (unpaired) electrons. The molecular weight excluding hydrogens is 492 g/mol. The number of benzene rings is 2. The normalized spacial score (nSPS) is 11.2. The average Bonchev–Trinajstić information content (AvgIpc) is 3.34. The summed E-state index contributed by atoms with van der Waals surface area (Å²) in [6, 6.07) is 17.5. The van der Waals surface area contributed by atoms with Gasteiger partial charge in [0.25, 0.3) is 0 Å². The maximum absolute atomic E-state index is 12.3. The summed E-state index contributed by atoms with van der Waals surface area (Å²) in [7, 11) is 0. The van der Waals surface area contributed by atoms with Crippen molar-refractivity contribution in [2.75, 3.05) is 5.32 Å². The van der Waals surface area contributed by atoms with Crippen molar-refractivity contribution in [3.63, 3.8) is 0 Å². The van der Waals surface area contributed by atoms with E-state index in [0.29, 0.717) is 31.1 Å². The van der Waals surface area contributed by atoms with Gasteiger partial charge in [0, 0.05) is 24.9 Å². The molecule has 3 aromatic rings. The van der Waals surface area contributed by atoms with E-state index >= 15 is 0 Å². The van der Waals surface area contributed by atoms with E-state index in [1.165, 1.54) is 11.3 Å². The molecule has 2 aromatic carbocycles. The third-order valence-corrected chi connectivity index (χ3v) is 6.11. The minimum absolute atomic E-state index is 0.132. The third-order valence-electron chi connectivity index (χ3n) is 5.31. The molecular formula is C26H30N6O4S. The fraction of sp³-hybridized carbons (Fsp3) is 0.269. The number of carbonyl (C=O) groups excluding carboxylic acids is 4. The molecule has 0 aliphatic heterocycles. The van der Waals surface area contributed by atoms with Gasteiger partial charge in [-0.2, -0.15) is 0 Å². The Labute approximate surface area is 219 Å². The van der Waals surface area contributed by atoms with Crippen LogP contribution in [0.2, 0.25) is 0 Å². The number of primary amides is 1. The first-order chi connectivity index (χ1) is 17.9. The third kappa shape index (κ3) is 10.1. The van der Waals surface area contributed by atoms with Crippen molar-refractivity contribution < 1.29 is 19.2 Å². The highest BCUT2D eigenvalue weighted by Crippen LogP contribution is 2.17. The number of nitrogens with zero attached hydrogens (tertiary/aromatic N) is 1. The van der Waals surface area contributed by atoms with Gasteiger partial charge < -0.3 is 21.7 Å². The Hall–Kier alpha value is -4.25. The van der Waals surface area contributed by atoms with E-state index in [1.807, 2.05) is 66.0 Å². The van der Waals surface area contributed by atoms with E-state index < -0.39 is 11.9 Å². The maximum Gasteiger partial charge on any atom is 0.321 e. The molecule has 10 nitrogen and oxygen atoms in total. The van der Waals surface area contributed by atoms with Crippen molar-refractivity contribution in [2.45, 2.75) is 44.8 Å². The van der Waals surface area contributed by atoms with Crippen LogP contribution in [0.1, 0.15) is 36.1 Å². The molecule has 0 saturated heterocycles. The van der Waals surface area contributed by atoms with Gasteiger partial charge in [-0.1, -0.05) is 60.7 Å². The van der Waals surface area contributed by atoms with Gasteiger partial charge in [0.15, 0.2) is 5.13 Å². The summed E-state index contributed by atoms with van der Waals surface area (Å²) >= 11 is 1.29. The van der Waals surface area contributed by atoms with Crippen LogP contribution in [0, 0.1) is 0 Å². The molecule has 1 aromatic heterocycles. The SMILES string of the molecule is NC(=O)[C@H](CC(=O)NCc1ccccc1)NC(=O)CCCc1csc(NC(=O)NCc2ccccc2)n1. The van der Waals surface area contributed by atoms with Crippen molar-refractivity contribution in [3.05, 3.63) is 82.9 Å². The Morgan fingerprint density at radius 3 is 2.11 bits per heavy atom. The zero-order chi connectivity index (χ0) is 26.5. The lowest BCUT2D eigenvalue weighted by Gasteiger charge is -2.15. The van der Waals surface area contributed by atoms with Gasteiger partial charge in [-0.15, -0.1) is 11.3 Å². The first-order valence-corrected chi connectivity index (χ1v) is 12.7. The molecule has 0 spiro atoms. The second kappa shape index (κ2) is 14.3. The number of aromatic nitrogens is 1. The van der Waals surface area contributed by atoms with E-state index in [1.54, 1.807) is 0 Å². The molecule has 0 bridgehead atoms. The lowest BCUT2D eigenvalue weighted by molar-refractivity contribution is -0.130. The summed E-state index contributed by atoms with van der Waals surface area (Å²) in [6.07, 6.45) is 0.881. The summed E-state index contributed by atoms with van der Waals surface area (Å²) in [5.41, 5.74) is 8.02. The number of urea groups is 1. The average molecular weight is 523 g/mol. The van der Waals surface area contributed by atoms with E-state index in [2.05, 4.69) is 26.3 Å². The number of thiazole rings is 1. The zero-order valence-electron chi connectivity index (χ0n) is 20.2. The highest BCUT2D eigenvalue weighted by Gasteiger charge is 2.21. The molecule has 1 heterocycles. The molecule has 0 aliphatic carbocycles. The molecule has 11 heteroatoms. The topological polar surface area (TPSA) is 155 Å². The van der Waals surface area contributed by atoms with E-state index in [4.69, 9.17) is 5.73 Å². The lowest BCUT2D eigenvalue weighted by atomic mass is 10.1. The Morgan fingerprint density at radius 1 is 0.865 bits per heavy atom. The molecule has 0 aliphatic rings. The second-order valence-corrected chi connectivity index (χ2v) is 9.14. The second-order valence-electron chi connectivity index (χ2n) is 8.28. The number of aryl methyl sites for hydroxylation is 1. The van der Waals surface area contributed by atoms with Gasteiger partial charge >= 0.3 is 6.03 Å². The van der Waals surface area contributed by atoms with Crippen LogP contribution in [0.15, 0.2) is 66.0 Å². The molecule has 37 heavy (non-hydrogen) atoms. The van der Waals surface area contributed by atoms with Gasteiger partial charge in [0.05, 0.1) is 12.1 Å². The quantitative estimate of drug-likeness (QED) is 0.233. The van der Waals surface area contributed by atoms with Crippen molar-refractivity contribution in [1.29, 1.82) is 0 Å². The Bertz CT molecular complexity index is 1190. The largest absolute Gasteiger partial charge is 0.368 e. The predicted octanol–water partition coefficient (Wildman–Crippen LogP) is 2.46. The maximum atomic E-state index is 12.3. The number of carbonyl (C=O) groups is 4. The van der Waals surface area contributed by atoms with E-state index in [9.17, 15) is 19.2 Å². The van der Waals surface area contributed by atoms with Crippen molar-refractivity contribution in [3.8, 4) is 0 Å². The first kappa shape index (κ1) is 27.3. The van der Waals surface area contributed by atoms with Crippen LogP contribution in [0.25, 0.3) is 0 Å². The highest BCUT2D eigenvalue weighted by molar-refractivity contribution is 7.13. The van der Waals surface area contributed by atoms with Gasteiger partial charge in [-0.3, -0.25) is 19.7 Å². The Balaban J connectivity index is 1.35. The number of rotatable bonds is 13. The van der Waals surface area contributed by atoms with Gasteiger partial charge in [-0.25, -0.2) is 9.78 Å². The summed E-state index contributed by atoms with van der Waals surface area (Å²) in [5.74, 6) is -1.54. The number of anilines is 1. The lowest BCUT2D eigenvalue weighted by Crippen LogP contribution is -2.47. The molecule has 194 valence electrons. The fourth-order valence-corrected chi connectivity index (χ4v) is 4.11. The molecule has 5 amide bonds. The molecule has 0 saturated carbocycles. The molecule has 0 fully saturated rings. The van der Waals surface area contributed by atoms with Gasteiger partial charge in [-0.05, 0) is 24.0 Å². The predicted molar refractivity (Wildman–Crippen MR) is 141 cm³/mol. The minimum atomic E-state index is -1.09. The first-order valence-electron chi connectivity index (χ1n) is 11.8. The van der Waals surface area contributed by atoms with Crippen LogP contribution in [-0.2, 0) is 33.9 Å². The fourth-order valence-electron chi connectivity index (χ4n) is 3.37. The number of nitrogens with one attached hydrogen (secondary N) is 4. The van der Waals surface area contributed by atoms with Crippen molar-refractivity contribution in [2.24, 2.45) is 5.73 Å². The highest BCUT2D eigenvalue weighted by atomic mass is 32.1.